The number of aryl methyl sites for hydroxylation is 1. The zero-order valence-corrected chi connectivity index (χ0v) is 12.4. The van der Waals surface area contributed by atoms with E-state index in [1.807, 2.05) is 36.0 Å². The van der Waals surface area contributed by atoms with Crippen molar-refractivity contribution in [2.75, 3.05) is 13.7 Å². The SMILES string of the molecule is COc1ccc(CSc2nccn2C)cc1C#CCN. The van der Waals surface area contributed by atoms with E-state index in [-0.39, 0.29) is 0 Å². The van der Waals surface area contributed by atoms with Gasteiger partial charge in [-0.2, -0.15) is 0 Å². The third-order valence-electron chi connectivity index (χ3n) is 2.73. The van der Waals surface area contributed by atoms with Crippen LogP contribution in [-0.4, -0.2) is 23.2 Å². The molecule has 4 nitrogen and oxygen atoms in total. The van der Waals surface area contributed by atoms with Crippen molar-refractivity contribution in [2.24, 2.45) is 12.8 Å². The average Bonchev–Trinajstić information content (AvgIpc) is 2.88. The summed E-state index contributed by atoms with van der Waals surface area (Å²) < 4.78 is 7.30. The van der Waals surface area contributed by atoms with Crippen molar-refractivity contribution in [3.05, 3.63) is 41.7 Å². The summed E-state index contributed by atoms with van der Waals surface area (Å²) in [6.45, 7) is 0.343. The molecule has 20 heavy (non-hydrogen) atoms. The molecule has 5 heteroatoms. The van der Waals surface area contributed by atoms with Crippen molar-refractivity contribution in [1.29, 1.82) is 0 Å². The molecule has 0 saturated heterocycles. The number of hydrogen-bond donors (Lipinski definition) is 1. The molecule has 0 spiro atoms. The second kappa shape index (κ2) is 7.04. The number of ether oxygens (including phenoxy) is 1. The predicted octanol–water partition coefficient (Wildman–Crippen LogP) is 2.03. The first-order chi connectivity index (χ1) is 9.74. The fraction of sp³-hybridized carbons (Fsp3) is 0.267. The summed E-state index contributed by atoms with van der Waals surface area (Å²) in [4.78, 5) is 4.29. The number of hydrogen-bond acceptors (Lipinski definition) is 4. The molecule has 104 valence electrons. The van der Waals surface area contributed by atoms with Crippen LogP contribution in [0.3, 0.4) is 0 Å². The number of nitrogens with zero attached hydrogens (tertiary/aromatic N) is 2. The number of methoxy groups -OCH3 is 1. The van der Waals surface area contributed by atoms with Gasteiger partial charge in [0.15, 0.2) is 5.16 Å². The molecular weight excluding hydrogens is 270 g/mol. The summed E-state index contributed by atoms with van der Waals surface area (Å²) in [5, 5.41) is 0.996. The molecule has 0 amide bonds. The van der Waals surface area contributed by atoms with E-state index < -0.39 is 0 Å². The van der Waals surface area contributed by atoms with Crippen molar-refractivity contribution in [3.8, 4) is 17.6 Å². The molecule has 1 aromatic heterocycles. The van der Waals surface area contributed by atoms with Crippen LogP contribution in [-0.2, 0) is 12.8 Å². The number of thioether (sulfide) groups is 1. The second-order valence-electron chi connectivity index (χ2n) is 4.15. The lowest BCUT2D eigenvalue weighted by molar-refractivity contribution is 0.413. The Morgan fingerprint density at radius 2 is 2.30 bits per heavy atom. The van der Waals surface area contributed by atoms with Gasteiger partial charge in [-0.05, 0) is 17.7 Å². The summed E-state index contributed by atoms with van der Waals surface area (Å²) in [6.07, 6.45) is 3.74. The number of benzene rings is 1. The molecule has 0 aliphatic carbocycles. The predicted molar refractivity (Wildman–Crippen MR) is 81.7 cm³/mol. The topological polar surface area (TPSA) is 53.1 Å². The van der Waals surface area contributed by atoms with Gasteiger partial charge in [-0.25, -0.2) is 4.98 Å². The molecular formula is C15H17N3OS. The van der Waals surface area contributed by atoms with E-state index in [4.69, 9.17) is 10.5 Å². The number of imidazole rings is 1. The molecule has 0 atom stereocenters. The van der Waals surface area contributed by atoms with E-state index in [1.54, 1.807) is 25.1 Å². The molecule has 0 fully saturated rings. The van der Waals surface area contributed by atoms with Crippen molar-refractivity contribution >= 4 is 11.8 Å². The lowest BCUT2D eigenvalue weighted by Crippen LogP contribution is -1.95. The minimum Gasteiger partial charge on any atom is -0.495 e. The Bertz CT molecular complexity index is 640. The molecule has 0 aliphatic rings. The van der Waals surface area contributed by atoms with Gasteiger partial charge in [0.05, 0.1) is 19.2 Å². The second-order valence-corrected chi connectivity index (χ2v) is 5.09. The first-order valence-corrected chi connectivity index (χ1v) is 7.19. The first kappa shape index (κ1) is 14.5. The smallest absolute Gasteiger partial charge is 0.167 e. The van der Waals surface area contributed by atoms with Gasteiger partial charge in [0, 0.05) is 25.2 Å². The van der Waals surface area contributed by atoms with Crippen LogP contribution in [0.5, 0.6) is 5.75 Å². The maximum atomic E-state index is 5.42. The highest BCUT2D eigenvalue weighted by molar-refractivity contribution is 7.98. The zero-order valence-electron chi connectivity index (χ0n) is 11.6. The summed E-state index contributed by atoms with van der Waals surface area (Å²) in [7, 11) is 3.63. The van der Waals surface area contributed by atoms with Gasteiger partial charge in [-0.1, -0.05) is 29.7 Å². The molecule has 0 radical (unpaired) electrons. The highest BCUT2D eigenvalue weighted by Gasteiger charge is 2.05. The summed E-state index contributed by atoms with van der Waals surface area (Å²) in [5.74, 6) is 7.51. The Morgan fingerprint density at radius 3 is 2.95 bits per heavy atom. The van der Waals surface area contributed by atoms with Crippen LogP contribution in [0.15, 0.2) is 35.7 Å². The van der Waals surface area contributed by atoms with E-state index >= 15 is 0 Å². The summed E-state index contributed by atoms with van der Waals surface area (Å²) in [5.41, 5.74) is 7.47. The van der Waals surface area contributed by atoms with Crippen LogP contribution in [0.1, 0.15) is 11.1 Å². The van der Waals surface area contributed by atoms with Crippen LogP contribution in [0.2, 0.25) is 0 Å². The highest BCUT2D eigenvalue weighted by Crippen LogP contribution is 2.24. The van der Waals surface area contributed by atoms with E-state index in [0.29, 0.717) is 6.54 Å². The molecule has 2 rings (SSSR count). The van der Waals surface area contributed by atoms with Crippen molar-refractivity contribution in [2.45, 2.75) is 10.9 Å². The van der Waals surface area contributed by atoms with E-state index in [1.165, 1.54) is 5.56 Å². The average molecular weight is 287 g/mol. The molecule has 1 aromatic carbocycles. The maximum absolute atomic E-state index is 5.42. The standard InChI is InChI=1S/C15H17N3OS/c1-18-9-8-17-15(18)20-11-12-5-6-14(19-2)13(10-12)4-3-7-16/h5-6,8-10H,7,11,16H2,1-2H3. The van der Waals surface area contributed by atoms with Crippen LogP contribution in [0.4, 0.5) is 0 Å². The zero-order chi connectivity index (χ0) is 14.4. The number of rotatable bonds is 4. The lowest BCUT2D eigenvalue weighted by atomic mass is 10.1. The summed E-state index contributed by atoms with van der Waals surface area (Å²) in [6, 6.07) is 6.02. The Morgan fingerprint density at radius 1 is 1.45 bits per heavy atom. The van der Waals surface area contributed by atoms with Crippen LogP contribution < -0.4 is 10.5 Å². The van der Waals surface area contributed by atoms with Crippen LogP contribution in [0.25, 0.3) is 0 Å². The fourth-order valence-electron chi connectivity index (χ4n) is 1.73. The largest absolute Gasteiger partial charge is 0.495 e. The summed E-state index contributed by atoms with van der Waals surface area (Å²) >= 11 is 1.69. The van der Waals surface area contributed by atoms with Crippen LogP contribution in [0, 0.1) is 11.8 Å². The lowest BCUT2D eigenvalue weighted by Gasteiger charge is -2.07. The monoisotopic (exact) mass is 287 g/mol. The van der Waals surface area contributed by atoms with E-state index in [0.717, 1.165) is 22.2 Å². The normalized spacial score (nSPS) is 9.95. The van der Waals surface area contributed by atoms with Crippen molar-refractivity contribution < 1.29 is 4.74 Å². The van der Waals surface area contributed by atoms with Gasteiger partial charge in [-0.3, -0.25) is 0 Å². The van der Waals surface area contributed by atoms with Gasteiger partial charge >= 0.3 is 0 Å². The molecule has 0 unspecified atom stereocenters. The quantitative estimate of drug-likeness (QED) is 0.690. The minimum absolute atomic E-state index is 0.343. The van der Waals surface area contributed by atoms with Gasteiger partial charge in [-0.15, -0.1) is 0 Å². The molecule has 1 heterocycles. The van der Waals surface area contributed by atoms with Crippen molar-refractivity contribution in [3.63, 3.8) is 0 Å². The Labute approximate surface area is 123 Å². The third-order valence-corrected chi connectivity index (χ3v) is 3.86. The molecule has 0 aliphatic heterocycles. The highest BCUT2D eigenvalue weighted by atomic mass is 32.2. The fourth-order valence-corrected chi connectivity index (χ4v) is 2.60. The van der Waals surface area contributed by atoms with Gasteiger partial charge in [0.1, 0.15) is 5.75 Å². The molecule has 0 saturated carbocycles. The molecule has 2 N–H and O–H groups in total. The Kier molecular flexibility index (Phi) is 5.10. The third kappa shape index (κ3) is 3.56. The molecule has 0 bridgehead atoms. The number of nitrogens with two attached hydrogens (primary N) is 1. The number of aromatic nitrogens is 2. The molecule has 2 aromatic rings. The van der Waals surface area contributed by atoms with E-state index in [2.05, 4.69) is 16.8 Å². The van der Waals surface area contributed by atoms with Crippen LogP contribution >= 0.6 is 11.8 Å². The van der Waals surface area contributed by atoms with Gasteiger partial charge < -0.3 is 15.0 Å². The van der Waals surface area contributed by atoms with Gasteiger partial charge in [0.2, 0.25) is 0 Å². The van der Waals surface area contributed by atoms with Gasteiger partial charge in [0.25, 0.3) is 0 Å². The van der Waals surface area contributed by atoms with E-state index in [9.17, 15) is 0 Å². The maximum Gasteiger partial charge on any atom is 0.167 e. The Balaban J connectivity index is 2.14. The minimum atomic E-state index is 0.343. The van der Waals surface area contributed by atoms with Crippen molar-refractivity contribution in [1.82, 2.24) is 9.55 Å². The Hall–Kier alpha value is -1.90. The first-order valence-electron chi connectivity index (χ1n) is 6.20.